The number of nitrogens with one attached hydrogen (secondary N) is 1. The number of ether oxygens (including phenoxy) is 3. The van der Waals surface area contributed by atoms with Crippen molar-refractivity contribution < 1.29 is 28.7 Å². The van der Waals surface area contributed by atoms with Gasteiger partial charge in [-0.1, -0.05) is 11.6 Å². The maximum absolute atomic E-state index is 12.5. The Morgan fingerprint density at radius 1 is 1.21 bits per heavy atom. The highest BCUT2D eigenvalue weighted by molar-refractivity contribution is 5.96. The quantitative estimate of drug-likeness (QED) is 0.290. The minimum atomic E-state index is -1.10. The van der Waals surface area contributed by atoms with Crippen molar-refractivity contribution in [1.82, 2.24) is 5.32 Å². The van der Waals surface area contributed by atoms with E-state index in [1.807, 2.05) is 0 Å². The number of carbonyl (C=O) groups is 2. The van der Waals surface area contributed by atoms with E-state index >= 15 is 0 Å². The topological polar surface area (TPSA) is 117 Å². The first-order chi connectivity index (χ1) is 13.9. The van der Waals surface area contributed by atoms with E-state index in [2.05, 4.69) is 11.4 Å². The second-order valence-corrected chi connectivity index (χ2v) is 6.68. The Morgan fingerprint density at radius 2 is 1.90 bits per heavy atom. The van der Waals surface area contributed by atoms with Gasteiger partial charge in [0.05, 0.1) is 25.2 Å². The number of methoxy groups -OCH3 is 2. The van der Waals surface area contributed by atoms with Gasteiger partial charge in [0, 0.05) is 12.6 Å². The number of allylic oxidation sites excluding steroid dienone is 1. The third kappa shape index (κ3) is 5.94. The molecule has 9 nitrogen and oxygen atoms in total. The summed E-state index contributed by atoms with van der Waals surface area (Å²) in [5, 5.41) is 14.1. The molecule has 0 bridgehead atoms. The number of nitrogens with zero attached hydrogens (tertiary/aromatic N) is 1. The van der Waals surface area contributed by atoms with Gasteiger partial charge in [-0.15, -0.1) is 0 Å². The molecule has 0 spiro atoms. The molecule has 0 saturated heterocycles. The lowest BCUT2D eigenvalue weighted by Gasteiger charge is -2.16. The molecule has 0 radical (unpaired) electrons. The molecule has 1 aliphatic carbocycles. The van der Waals surface area contributed by atoms with Crippen molar-refractivity contribution >= 4 is 17.6 Å². The molecule has 1 atom stereocenters. The number of hydrogen-bond donors (Lipinski definition) is 1. The van der Waals surface area contributed by atoms with Crippen molar-refractivity contribution in [3.63, 3.8) is 0 Å². The molecule has 0 aromatic heterocycles. The molecule has 0 heterocycles. The minimum Gasteiger partial charge on any atom is -0.493 e. The molecular formula is C20H26N2O7. The number of rotatable bonds is 9. The predicted octanol–water partition coefficient (Wildman–Crippen LogP) is 3.16. The van der Waals surface area contributed by atoms with E-state index in [0.717, 1.165) is 31.7 Å². The first-order valence-corrected chi connectivity index (χ1v) is 9.44. The lowest BCUT2D eigenvalue weighted by atomic mass is 9.97. The Labute approximate surface area is 169 Å². The fourth-order valence-electron chi connectivity index (χ4n) is 3.08. The molecule has 2 rings (SSSR count). The van der Waals surface area contributed by atoms with Crippen LogP contribution in [0.2, 0.25) is 0 Å². The van der Waals surface area contributed by atoms with Crippen molar-refractivity contribution in [1.29, 1.82) is 0 Å². The molecular weight excluding hydrogens is 380 g/mol. The first kappa shape index (κ1) is 22.2. The third-order valence-electron chi connectivity index (χ3n) is 4.70. The van der Waals surface area contributed by atoms with E-state index in [1.54, 1.807) is 0 Å². The maximum atomic E-state index is 12.5. The van der Waals surface area contributed by atoms with Gasteiger partial charge in [-0.2, -0.15) is 0 Å². The van der Waals surface area contributed by atoms with Crippen molar-refractivity contribution in [2.75, 3.05) is 20.8 Å². The molecule has 1 aromatic carbocycles. The number of amides is 1. The highest BCUT2D eigenvalue weighted by atomic mass is 16.6. The molecule has 158 valence electrons. The van der Waals surface area contributed by atoms with Gasteiger partial charge in [0.25, 0.3) is 11.6 Å². The SMILES string of the molecule is COc1cc(C(=O)O[C@@H](C)C(=O)NCCC2=CCCCC2)c([N+](=O)[O-])cc1OC. The van der Waals surface area contributed by atoms with Crippen molar-refractivity contribution in [2.45, 2.75) is 45.1 Å². The van der Waals surface area contributed by atoms with Crippen LogP contribution >= 0.6 is 0 Å². The lowest BCUT2D eigenvalue weighted by molar-refractivity contribution is -0.385. The Morgan fingerprint density at radius 3 is 2.48 bits per heavy atom. The highest BCUT2D eigenvalue weighted by Crippen LogP contribution is 2.35. The summed E-state index contributed by atoms with van der Waals surface area (Å²) in [6.07, 6.45) is 6.34. The molecule has 9 heteroatoms. The summed E-state index contributed by atoms with van der Waals surface area (Å²) >= 11 is 0. The van der Waals surface area contributed by atoms with E-state index in [1.165, 1.54) is 39.2 Å². The zero-order chi connectivity index (χ0) is 21.4. The highest BCUT2D eigenvalue weighted by Gasteiger charge is 2.28. The number of hydrogen-bond acceptors (Lipinski definition) is 7. The summed E-state index contributed by atoms with van der Waals surface area (Å²) in [5.41, 5.74) is 0.506. The standard InChI is InChI=1S/C20H26N2O7/c1-13(19(23)21-10-9-14-7-5-4-6-8-14)29-20(24)15-11-17(27-2)18(28-3)12-16(15)22(25)26/h7,11-13H,4-6,8-10H2,1-3H3,(H,21,23)/t13-/m0/s1. The zero-order valence-corrected chi connectivity index (χ0v) is 16.9. The van der Waals surface area contributed by atoms with Crippen LogP contribution in [0.1, 0.15) is 49.4 Å². The van der Waals surface area contributed by atoms with Crippen LogP contribution in [0.15, 0.2) is 23.8 Å². The normalized spacial score (nSPS) is 14.4. The van der Waals surface area contributed by atoms with Crippen LogP contribution in [0.3, 0.4) is 0 Å². The average molecular weight is 406 g/mol. The molecule has 1 aromatic rings. The van der Waals surface area contributed by atoms with E-state index in [9.17, 15) is 19.7 Å². The lowest BCUT2D eigenvalue weighted by Crippen LogP contribution is -2.36. The number of carbonyl (C=O) groups excluding carboxylic acids is 2. The largest absolute Gasteiger partial charge is 0.493 e. The predicted molar refractivity (Wildman–Crippen MR) is 105 cm³/mol. The van der Waals surface area contributed by atoms with Crippen molar-refractivity contribution in [3.8, 4) is 11.5 Å². The molecule has 1 amide bonds. The Kier molecular flexibility index (Phi) is 7.99. The van der Waals surface area contributed by atoms with Crippen molar-refractivity contribution in [2.24, 2.45) is 0 Å². The van der Waals surface area contributed by atoms with Gasteiger partial charge >= 0.3 is 5.97 Å². The molecule has 0 fully saturated rings. The number of nitro benzene ring substituents is 1. The van der Waals surface area contributed by atoms with E-state index in [4.69, 9.17) is 14.2 Å². The molecule has 0 saturated carbocycles. The van der Waals surface area contributed by atoms with E-state index < -0.39 is 28.6 Å². The van der Waals surface area contributed by atoms with Gasteiger partial charge in [-0.3, -0.25) is 14.9 Å². The first-order valence-electron chi connectivity index (χ1n) is 9.44. The van der Waals surface area contributed by atoms with Crippen LogP contribution in [-0.2, 0) is 9.53 Å². The fourth-order valence-corrected chi connectivity index (χ4v) is 3.08. The molecule has 1 aliphatic rings. The van der Waals surface area contributed by atoms with Gasteiger partial charge in [-0.25, -0.2) is 4.79 Å². The Hall–Kier alpha value is -3.10. The smallest absolute Gasteiger partial charge is 0.346 e. The summed E-state index contributed by atoms with van der Waals surface area (Å²) in [6, 6.07) is 2.25. The third-order valence-corrected chi connectivity index (χ3v) is 4.70. The molecule has 29 heavy (non-hydrogen) atoms. The van der Waals surface area contributed by atoms with Crippen LogP contribution in [0.5, 0.6) is 11.5 Å². The second-order valence-electron chi connectivity index (χ2n) is 6.68. The van der Waals surface area contributed by atoms with E-state index in [-0.39, 0.29) is 17.1 Å². The summed E-state index contributed by atoms with van der Waals surface area (Å²) < 4.78 is 15.2. The number of esters is 1. The van der Waals surface area contributed by atoms with Gasteiger partial charge in [-0.05, 0) is 39.0 Å². The minimum absolute atomic E-state index is 0.110. The van der Waals surface area contributed by atoms with Crippen LogP contribution in [-0.4, -0.2) is 43.7 Å². The van der Waals surface area contributed by atoms with Gasteiger partial charge < -0.3 is 19.5 Å². The van der Waals surface area contributed by atoms with Crippen LogP contribution in [0, 0.1) is 10.1 Å². The molecule has 1 N–H and O–H groups in total. The Bertz CT molecular complexity index is 804. The summed E-state index contributed by atoms with van der Waals surface area (Å²) in [4.78, 5) is 35.3. The van der Waals surface area contributed by atoms with Gasteiger partial charge in [0.2, 0.25) is 0 Å². The van der Waals surface area contributed by atoms with E-state index in [0.29, 0.717) is 6.54 Å². The monoisotopic (exact) mass is 406 g/mol. The van der Waals surface area contributed by atoms with Crippen molar-refractivity contribution in [3.05, 3.63) is 39.5 Å². The maximum Gasteiger partial charge on any atom is 0.346 e. The fraction of sp³-hybridized carbons (Fsp3) is 0.500. The second kappa shape index (κ2) is 10.4. The summed E-state index contributed by atoms with van der Waals surface area (Å²) in [6.45, 7) is 1.86. The van der Waals surface area contributed by atoms with Gasteiger partial charge in [0.1, 0.15) is 5.56 Å². The Balaban J connectivity index is 2.01. The molecule has 0 aliphatic heterocycles. The van der Waals surface area contributed by atoms with Gasteiger partial charge in [0.15, 0.2) is 17.6 Å². The molecule has 0 unspecified atom stereocenters. The van der Waals surface area contributed by atoms with Crippen LogP contribution in [0.25, 0.3) is 0 Å². The number of benzene rings is 1. The van der Waals surface area contributed by atoms with Crippen LogP contribution < -0.4 is 14.8 Å². The number of nitro groups is 1. The summed E-state index contributed by atoms with van der Waals surface area (Å²) in [7, 11) is 2.67. The van der Waals surface area contributed by atoms with Crippen LogP contribution in [0.4, 0.5) is 5.69 Å². The zero-order valence-electron chi connectivity index (χ0n) is 16.9. The summed E-state index contributed by atoms with van der Waals surface area (Å²) in [5.74, 6) is -1.20. The average Bonchev–Trinajstić information content (AvgIpc) is 2.73.